The maximum absolute atomic E-state index is 5.84. The van der Waals surface area contributed by atoms with Gasteiger partial charge in [0.05, 0.1) is 23.4 Å². The lowest BCUT2D eigenvalue weighted by molar-refractivity contribution is 0.176. The predicted octanol–water partition coefficient (Wildman–Crippen LogP) is 3.57. The second-order valence-electron chi connectivity index (χ2n) is 8.98. The number of thiazole rings is 1. The van der Waals surface area contributed by atoms with Crippen molar-refractivity contribution in [3.8, 4) is 0 Å². The van der Waals surface area contributed by atoms with Crippen LogP contribution in [0.1, 0.15) is 62.9 Å². The Balaban J connectivity index is 1.37. The van der Waals surface area contributed by atoms with Crippen LogP contribution in [0.2, 0.25) is 0 Å². The Labute approximate surface area is 184 Å². The monoisotopic (exact) mass is 432 g/mol. The van der Waals surface area contributed by atoms with Gasteiger partial charge in [-0.1, -0.05) is 27.7 Å². The first-order chi connectivity index (χ1) is 14.4. The third-order valence-electron chi connectivity index (χ3n) is 5.48. The minimum absolute atomic E-state index is 0.0299. The normalized spacial score (nSPS) is 16.8. The van der Waals surface area contributed by atoms with Gasteiger partial charge in [0.15, 0.2) is 5.96 Å². The number of oxazole rings is 1. The molecule has 1 aliphatic rings. The molecule has 0 spiro atoms. The van der Waals surface area contributed by atoms with Crippen LogP contribution in [0.4, 0.5) is 0 Å². The lowest BCUT2D eigenvalue weighted by Crippen LogP contribution is -2.42. The molecule has 1 saturated heterocycles. The molecule has 2 N–H and O–H groups in total. The highest BCUT2D eigenvalue weighted by atomic mass is 32.1. The lowest BCUT2D eigenvalue weighted by atomic mass is 9.94. The van der Waals surface area contributed by atoms with Gasteiger partial charge >= 0.3 is 0 Å². The van der Waals surface area contributed by atoms with Crippen LogP contribution in [0, 0.1) is 5.92 Å². The third-order valence-corrected chi connectivity index (χ3v) is 6.52. The second-order valence-corrected chi connectivity index (χ2v) is 9.92. The van der Waals surface area contributed by atoms with E-state index in [1.807, 2.05) is 6.20 Å². The number of nitrogens with zero attached hydrogens (tertiary/aromatic N) is 4. The molecule has 166 valence electrons. The topological polar surface area (TPSA) is 78.6 Å². The number of guanidine groups is 1. The molecule has 1 aliphatic heterocycles. The molecule has 7 nitrogen and oxygen atoms in total. The van der Waals surface area contributed by atoms with Gasteiger partial charge < -0.3 is 15.1 Å². The average Bonchev–Trinajstić information content (AvgIpc) is 3.38. The first kappa shape index (κ1) is 22.7. The first-order valence-electron chi connectivity index (χ1n) is 10.9. The van der Waals surface area contributed by atoms with E-state index in [9.17, 15) is 0 Å². The third kappa shape index (κ3) is 6.54. The zero-order valence-electron chi connectivity index (χ0n) is 19.0. The molecule has 0 amide bonds. The van der Waals surface area contributed by atoms with Crippen LogP contribution in [0.15, 0.2) is 21.0 Å². The minimum atomic E-state index is -0.0299. The summed E-state index contributed by atoms with van der Waals surface area (Å²) in [7, 11) is 1.80. The maximum Gasteiger partial charge on any atom is 0.213 e. The van der Waals surface area contributed by atoms with E-state index in [1.165, 1.54) is 23.5 Å². The molecule has 30 heavy (non-hydrogen) atoms. The van der Waals surface area contributed by atoms with Gasteiger partial charge in [-0.15, -0.1) is 11.3 Å². The Morgan fingerprint density at radius 1 is 1.30 bits per heavy atom. The quantitative estimate of drug-likeness (QED) is 0.514. The van der Waals surface area contributed by atoms with Crippen molar-refractivity contribution < 1.29 is 4.42 Å². The zero-order valence-corrected chi connectivity index (χ0v) is 19.8. The fourth-order valence-electron chi connectivity index (χ4n) is 3.52. The number of aryl methyl sites for hydroxylation is 1. The highest BCUT2D eigenvalue weighted by Crippen LogP contribution is 2.22. The van der Waals surface area contributed by atoms with Gasteiger partial charge in [-0.25, -0.2) is 9.97 Å². The average molecular weight is 433 g/mol. The van der Waals surface area contributed by atoms with E-state index < -0.39 is 0 Å². The van der Waals surface area contributed by atoms with Crippen molar-refractivity contribution in [3.05, 3.63) is 33.9 Å². The number of aliphatic imine (C=N–C) groups is 1. The van der Waals surface area contributed by atoms with Gasteiger partial charge in [0.1, 0.15) is 5.76 Å². The van der Waals surface area contributed by atoms with Crippen molar-refractivity contribution in [2.45, 2.75) is 65.5 Å². The molecule has 0 atom stereocenters. The Hall–Kier alpha value is -1.93. The standard InChI is InChI=1S/C22H36N6OS/c1-6-20-27-17(15-30-20)14-28-9-7-16(8-10-28)11-25-21(23-5)26-13-19-24-12-18(29-19)22(2,3)4/h12,15-16H,6-11,13-14H2,1-5H3,(H2,23,25,26). The Morgan fingerprint density at radius 3 is 2.67 bits per heavy atom. The largest absolute Gasteiger partial charge is 0.443 e. The number of likely N-dealkylation sites (tertiary alicyclic amines) is 1. The molecule has 0 bridgehead atoms. The molecule has 3 rings (SSSR count). The smallest absolute Gasteiger partial charge is 0.213 e. The van der Waals surface area contributed by atoms with Gasteiger partial charge in [0.2, 0.25) is 5.89 Å². The fourth-order valence-corrected chi connectivity index (χ4v) is 4.26. The van der Waals surface area contributed by atoms with Gasteiger partial charge in [-0.3, -0.25) is 9.89 Å². The van der Waals surface area contributed by atoms with E-state index in [1.54, 1.807) is 18.4 Å². The highest BCUT2D eigenvalue weighted by Gasteiger charge is 2.21. The Bertz CT molecular complexity index is 814. The SMILES string of the molecule is CCc1nc(CN2CCC(CNC(=NC)NCc3ncc(C(C)(C)C)o3)CC2)cs1. The molecular weight excluding hydrogens is 396 g/mol. The van der Waals surface area contributed by atoms with E-state index in [0.29, 0.717) is 18.4 Å². The molecule has 8 heteroatoms. The minimum Gasteiger partial charge on any atom is -0.443 e. The van der Waals surface area contributed by atoms with Crippen LogP contribution in [0.3, 0.4) is 0 Å². The molecule has 0 unspecified atom stereocenters. The number of aromatic nitrogens is 2. The summed E-state index contributed by atoms with van der Waals surface area (Å²) in [6.07, 6.45) is 5.24. The van der Waals surface area contributed by atoms with Crippen molar-refractivity contribution in [3.63, 3.8) is 0 Å². The molecule has 1 fully saturated rings. The number of hydrogen-bond acceptors (Lipinski definition) is 6. The molecular formula is C22H36N6OS. The summed E-state index contributed by atoms with van der Waals surface area (Å²) in [6, 6.07) is 0. The van der Waals surface area contributed by atoms with Crippen LogP contribution in [0.5, 0.6) is 0 Å². The Morgan fingerprint density at radius 2 is 2.07 bits per heavy atom. The van der Waals surface area contributed by atoms with Gasteiger partial charge in [0, 0.05) is 30.9 Å². The maximum atomic E-state index is 5.84. The highest BCUT2D eigenvalue weighted by molar-refractivity contribution is 7.09. The summed E-state index contributed by atoms with van der Waals surface area (Å²) in [5.41, 5.74) is 1.19. The van der Waals surface area contributed by atoms with E-state index in [0.717, 1.165) is 44.3 Å². The molecule has 0 aromatic carbocycles. The van der Waals surface area contributed by atoms with Crippen molar-refractivity contribution in [1.82, 2.24) is 25.5 Å². The van der Waals surface area contributed by atoms with E-state index in [-0.39, 0.29) is 5.41 Å². The first-order valence-corrected chi connectivity index (χ1v) is 11.8. The summed E-state index contributed by atoms with van der Waals surface area (Å²) < 4.78 is 5.84. The lowest BCUT2D eigenvalue weighted by Gasteiger charge is -2.31. The van der Waals surface area contributed by atoms with Gasteiger partial charge in [0.25, 0.3) is 0 Å². The molecule has 0 saturated carbocycles. The van der Waals surface area contributed by atoms with Crippen molar-refractivity contribution >= 4 is 17.3 Å². The summed E-state index contributed by atoms with van der Waals surface area (Å²) in [6.45, 7) is 13.2. The van der Waals surface area contributed by atoms with Gasteiger partial charge in [-0.05, 0) is 38.3 Å². The van der Waals surface area contributed by atoms with E-state index in [4.69, 9.17) is 9.40 Å². The number of hydrogen-bond donors (Lipinski definition) is 2. The molecule has 0 radical (unpaired) electrons. The second kappa shape index (κ2) is 10.4. The molecule has 0 aliphatic carbocycles. The zero-order chi connectivity index (χ0) is 21.6. The summed E-state index contributed by atoms with van der Waals surface area (Å²) in [5, 5.41) is 10.2. The summed E-state index contributed by atoms with van der Waals surface area (Å²) in [5.74, 6) is 3.04. The van der Waals surface area contributed by atoms with Crippen LogP contribution in [0.25, 0.3) is 0 Å². The molecule has 2 aromatic heterocycles. The molecule has 3 heterocycles. The Kier molecular flexibility index (Phi) is 7.88. The fraction of sp³-hybridized carbons (Fsp3) is 0.682. The van der Waals surface area contributed by atoms with Crippen molar-refractivity contribution in [1.29, 1.82) is 0 Å². The number of piperidine rings is 1. The van der Waals surface area contributed by atoms with E-state index in [2.05, 4.69) is 58.6 Å². The van der Waals surface area contributed by atoms with E-state index >= 15 is 0 Å². The summed E-state index contributed by atoms with van der Waals surface area (Å²) in [4.78, 5) is 15.9. The van der Waals surface area contributed by atoms with Gasteiger partial charge in [-0.2, -0.15) is 0 Å². The van der Waals surface area contributed by atoms with Crippen LogP contribution in [-0.4, -0.2) is 47.5 Å². The van der Waals surface area contributed by atoms with Crippen LogP contribution < -0.4 is 10.6 Å². The summed E-state index contributed by atoms with van der Waals surface area (Å²) >= 11 is 1.78. The van der Waals surface area contributed by atoms with Crippen molar-refractivity contribution in [2.75, 3.05) is 26.7 Å². The number of rotatable bonds is 7. The van der Waals surface area contributed by atoms with Crippen LogP contribution >= 0.6 is 11.3 Å². The van der Waals surface area contributed by atoms with Crippen molar-refractivity contribution in [2.24, 2.45) is 10.9 Å². The van der Waals surface area contributed by atoms with Crippen LogP contribution in [-0.2, 0) is 24.9 Å². The number of nitrogens with one attached hydrogen (secondary N) is 2. The predicted molar refractivity (Wildman–Crippen MR) is 123 cm³/mol. The molecule has 2 aromatic rings.